The van der Waals surface area contributed by atoms with Gasteiger partial charge in [0.1, 0.15) is 0 Å². The van der Waals surface area contributed by atoms with Gasteiger partial charge in [0.05, 0.1) is 0 Å². The standard InChI is InChI=1S/C14H12F3N3O/c1-20-7-11(12(19-20)14(15,16)17)8-3-2-4-10-9(8)5-6-18-13(10)21/h2-4,7H,5-6H2,1H3,(H,18,21). The van der Waals surface area contributed by atoms with E-state index in [1.165, 1.54) is 13.2 Å². The van der Waals surface area contributed by atoms with Crippen LogP contribution in [0.4, 0.5) is 13.2 Å². The third-order valence-corrected chi connectivity index (χ3v) is 3.47. The Morgan fingerprint density at radius 2 is 1.95 bits per heavy atom. The highest BCUT2D eigenvalue weighted by atomic mass is 19.4. The molecule has 1 aromatic heterocycles. The van der Waals surface area contributed by atoms with Crippen molar-refractivity contribution in [3.8, 4) is 11.1 Å². The molecule has 2 aromatic rings. The molecule has 3 rings (SSSR count). The molecule has 1 aromatic carbocycles. The summed E-state index contributed by atoms with van der Waals surface area (Å²) in [5.74, 6) is -0.254. The Hall–Kier alpha value is -2.31. The summed E-state index contributed by atoms with van der Waals surface area (Å²) in [4.78, 5) is 11.8. The Morgan fingerprint density at radius 3 is 2.67 bits per heavy atom. The minimum Gasteiger partial charge on any atom is -0.352 e. The number of fused-ring (bicyclic) bond motifs is 1. The second kappa shape index (κ2) is 4.61. The molecule has 1 N–H and O–H groups in total. The van der Waals surface area contributed by atoms with Crippen LogP contribution in [0.25, 0.3) is 11.1 Å². The van der Waals surface area contributed by atoms with Crippen LogP contribution < -0.4 is 5.32 Å². The maximum Gasteiger partial charge on any atom is 0.435 e. The Bertz CT molecular complexity index is 719. The Labute approximate surface area is 118 Å². The Morgan fingerprint density at radius 1 is 1.24 bits per heavy atom. The van der Waals surface area contributed by atoms with Crippen molar-refractivity contribution < 1.29 is 18.0 Å². The van der Waals surface area contributed by atoms with Crippen molar-refractivity contribution >= 4 is 5.91 Å². The van der Waals surface area contributed by atoms with Crippen LogP contribution in [0.5, 0.6) is 0 Å². The fourth-order valence-electron chi connectivity index (χ4n) is 2.61. The van der Waals surface area contributed by atoms with Crippen LogP contribution in [-0.4, -0.2) is 22.2 Å². The van der Waals surface area contributed by atoms with Crippen molar-refractivity contribution in [1.82, 2.24) is 15.1 Å². The lowest BCUT2D eigenvalue weighted by atomic mass is 9.91. The molecule has 21 heavy (non-hydrogen) atoms. The Balaban J connectivity index is 2.23. The van der Waals surface area contributed by atoms with Crippen LogP contribution >= 0.6 is 0 Å². The SMILES string of the molecule is Cn1cc(-c2cccc3c2CCNC3=O)c(C(F)(F)F)n1. The lowest BCUT2D eigenvalue weighted by molar-refractivity contribution is -0.140. The quantitative estimate of drug-likeness (QED) is 0.878. The van der Waals surface area contributed by atoms with E-state index in [4.69, 9.17) is 0 Å². The second-order valence-electron chi connectivity index (χ2n) is 4.90. The number of aryl methyl sites for hydroxylation is 1. The van der Waals surface area contributed by atoms with Crippen LogP contribution in [-0.2, 0) is 19.6 Å². The van der Waals surface area contributed by atoms with Crippen molar-refractivity contribution in [3.63, 3.8) is 0 Å². The average molecular weight is 295 g/mol. The molecule has 0 radical (unpaired) electrons. The molecule has 4 nitrogen and oxygen atoms in total. The van der Waals surface area contributed by atoms with E-state index in [0.717, 1.165) is 4.68 Å². The number of rotatable bonds is 1. The second-order valence-corrected chi connectivity index (χ2v) is 4.90. The fraction of sp³-hybridized carbons (Fsp3) is 0.286. The lowest BCUT2D eigenvalue weighted by Gasteiger charge is -2.19. The molecule has 7 heteroatoms. The molecule has 0 bridgehead atoms. The number of hydrogen-bond acceptors (Lipinski definition) is 2. The number of nitrogens with one attached hydrogen (secondary N) is 1. The third kappa shape index (κ3) is 2.28. The van der Waals surface area contributed by atoms with Gasteiger partial charge >= 0.3 is 6.18 Å². The predicted octanol–water partition coefficient (Wildman–Crippen LogP) is 2.39. The summed E-state index contributed by atoms with van der Waals surface area (Å²) in [7, 11) is 1.45. The van der Waals surface area contributed by atoms with Gasteiger partial charge in [0.25, 0.3) is 5.91 Å². The van der Waals surface area contributed by atoms with Crippen molar-refractivity contribution in [2.45, 2.75) is 12.6 Å². The smallest absolute Gasteiger partial charge is 0.352 e. The molecule has 1 aliphatic heterocycles. The summed E-state index contributed by atoms with van der Waals surface area (Å²) in [5, 5.41) is 6.20. The van der Waals surface area contributed by atoms with E-state index in [0.29, 0.717) is 29.7 Å². The number of aromatic nitrogens is 2. The van der Waals surface area contributed by atoms with E-state index in [1.807, 2.05) is 0 Å². The molecule has 110 valence electrons. The van der Waals surface area contributed by atoms with Gasteiger partial charge in [-0.15, -0.1) is 0 Å². The first-order valence-corrected chi connectivity index (χ1v) is 6.39. The highest BCUT2D eigenvalue weighted by molar-refractivity contribution is 5.98. The maximum absolute atomic E-state index is 13.1. The number of halogens is 3. The van der Waals surface area contributed by atoms with E-state index in [9.17, 15) is 18.0 Å². The van der Waals surface area contributed by atoms with Crippen LogP contribution in [0.3, 0.4) is 0 Å². The van der Waals surface area contributed by atoms with Gasteiger partial charge in [-0.05, 0) is 23.6 Å². The number of hydrogen-bond donors (Lipinski definition) is 1. The normalized spacial score (nSPS) is 14.8. The molecule has 0 saturated heterocycles. The van der Waals surface area contributed by atoms with Crippen LogP contribution in [0.1, 0.15) is 21.6 Å². The number of carbonyl (C=O) groups is 1. The van der Waals surface area contributed by atoms with Crippen LogP contribution in [0.15, 0.2) is 24.4 Å². The highest BCUT2D eigenvalue weighted by Gasteiger charge is 2.38. The average Bonchev–Trinajstić information content (AvgIpc) is 2.81. The van der Waals surface area contributed by atoms with E-state index in [2.05, 4.69) is 10.4 Å². The molecule has 1 aliphatic rings. The van der Waals surface area contributed by atoms with Gasteiger partial charge in [0, 0.05) is 30.9 Å². The maximum atomic E-state index is 13.1. The van der Waals surface area contributed by atoms with Crippen LogP contribution in [0.2, 0.25) is 0 Å². The molecule has 0 unspecified atom stereocenters. The summed E-state index contributed by atoms with van der Waals surface area (Å²) >= 11 is 0. The zero-order valence-electron chi connectivity index (χ0n) is 11.2. The molecule has 2 heterocycles. The number of carbonyl (C=O) groups excluding carboxylic acids is 1. The summed E-state index contributed by atoms with van der Waals surface area (Å²) in [6.45, 7) is 0.421. The van der Waals surface area contributed by atoms with E-state index in [1.54, 1.807) is 18.2 Å². The van der Waals surface area contributed by atoms with Gasteiger partial charge in [0.2, 0.25) is 0 Å². The molecule has 0 spiro atoms. The number of amides is 1. The summed E-state index contributed by atoms with van der Waals surface area (Å²) in [5.41, 5.74) is 0.569. The van der Waals surface area contributed by atoms with Gasteiger partial charge in [0.15, 0.2) is 5.69 Å². The zero-order chi connectivity index (χ0) is 15.2. The first kappa shape index (κ1) is 13.7. The van der Waals surface area contributed by atoms with Gasteiger partial charge < -0.3 is 5.32 Å². The topological polar surface area (TPSA) is 46.9 Å². The molecule has 1 amide bonds. The highest BCUT2D eigenvalue weighted by Crippen LogP contribution is 2.38. The Kier molecular flexibility index (Phi) is 3.00. The molecule has 0 aliphatic carbocycles. The summed E-state index contributed by atoms with van der Waals surface area (Å²) in [6, 6.07) is 4.81. The predicted molar refractivity (Wildman–Crippen MR) is 69.7 cm³/mol. The van der Waals surface area contributed by atoms with Crippen LogP contribution in [0, 0.1) is 0 Å². The molecule has 0 saturated carbocycles. The first-order valence-electron chi connectivity index (χ1n) is 6.39. The monoisotopic (exact) mass is 295 g/mol. The van der Waals surface area contributed by atoms with Gasteiger partial charge in [-0.1, -0.05) is 12.1 Å². The molecular formula is C14H12F3N3O. The molecular weight excluding hydrogens is 283 g/mol. The zero-order valence-corrected chi connectivity index (χ0v) is 11.2. The van der Waals surface area contributed by atoms with E-state index >= 15 is 0 Å². The molecule has 0 atom stereocenters. The fourth-order valence-corrected chi connectivity index (χ4v) is 2.61. The first-order chi connectivity index (χ1) is 9.88. The largest absolute Gasteiger partial charge is 0.435 e. The van der Waals surface area contributed by atoms with Crippen molar-refractivity contribution in [2.24, 2.45) is 7.05 Å². The number of nitrogens with zero attached hydrogens (tertiary/aromatic N) is 2. The van der Waals surface area contributed by atoms with Gasteiger partial charge in [-0.2, -0.15) is 18.3 Å². The minimum absolute atomic E-state index is 0.0107. The van der Waals surface area contributed by atoms with E-state index < -0.39 is 11.9 Å². The summed E-state index contributed by atoms with van der Waals surface area (Å²) in [6.07, 6.45) is -2.69. The van der Waals surface area contributed by atoms with E-state index in [-0.39, 0.29) is 11.5 Å². The van der Waals surface area contributed by atoms with Crippen molar-refractivity contribution in [1.29, 1.82) is 0 Å². The van der Waals surface area contributed by atoms with Gasteiger partial charge in [-0.3, -0.25) is 9.48 Å². The third-order valence-electron chi connectivity index (χ3n) is 3.47. The number of benzene rings is 1. The summed E-state index contributed by atoms with van der Waals surface area (Å²) < 4.78 is 40.4. The minimum atomic E-state index is -4.53. The lowest BCUT2D eigenvalue weighted by Crippen LogP contribution is -2.32. The molecule has 0 fully saturated rings. The van der Waals surface area contributed by atoms with Crippen molar-refractivity contribution in [3.05, 3.63) is 41.2 Å². The van der Waals surface area contributed by atoms with Crippen molar-refractivity contribution in [2.75, 3.05) is 6.54 Å². The number of alkyl halides is 3. The van der Waals surface area contributed by atoms with Gasteiger partial charge in [-0.25, -0.2) is 0 Å².